The predicted octanol–water partition coefficient (Wildman–Crippen LogP) is 7.11. The maximum Gasteiger partial charge on any atom is 0.416 e. The fourth-order valence-electron chi connectivity index (χ4n) is 5.45. The lowest BCUT2D eigenvalue weighted by Crippen LogP contribution is -2.38. The van der Waals surface area contributed by atoms with E-state index in [9.17, 15) is 40.6 Å². The summed E-state index contributed by atoms with van der Waals surface area (Å²) >= 11 is 0. The Balaban J connectivity index is 1.66. The van der Waals surface area contributed by atoms with Crippen molar-refractivity contribution in [1.82, 2.24) is 4.90 Å². The normalized spacial score (nSPS) is 25.5. The van der Waals surface area contributed by atoms with Crippen LogP contribution in [0, 0.1) is 17.7 Å². The van der Waals surface area contributed by atoms with Gasteiger partial charge in [-0.05, 0) is 73.1 Å². The van der Waals surface area contributed by atoms with Gasteiger partial charge in [0.2, 0.25) is 0 Å². The van der Waals surface area contributed by atoms with Crippen LogP contribution in [0.25, 0.3) is 0 Å². The van der Waals surface area contributed by atoms with Crippen molar-refractivity contribution in [3.05, 3.63) is 70.5 Å². The number of alkyl halides is 6. The number of amides is 1. The van der Waals surface area contributed by atoms with Crippen LogP contribution in [-0.4, -0.2) is 35.3 Å². The van der Waals surface area contributed by atoms with Gasteiger partial charge >= 0.3 is 18.4 Å². The molecule has 0 radical (unpaired) electrons. The van der Waals surface area contributed by atoms with E-state index in [0.717, 1.165) is 0 Å². The second-order valence-corrected chi connectivity index (χ2v) is 9.42. The van der Waals surface area contributed by atoms with Crippen molar-refractivity contribution in [3.8, 4) is 0 Å². The zero-order valence-electron chi connectivity index (χ0n) is 19.1. The summed E-state index contributed by atoms with van der Waals surface area (Å²) in [6.45, 7) is 1.92. The molecule has 4 rings (SSSR count). The molecule has 1 saturated carbocycles. The maximum atomic E-state index is 13.6. The van der Waals surface area contributed by atoms with E-state index < -0.39 is 53.5 Å². The largest absolute Gasteiger partial charge is 0.465 e. The van der Waals surface area contributed by atoms with E-state index in [0.29, 0.717) is 37.1 Å². The van der Waals surface area contributed by atoms with Gasteiger partial charge in [0.05, 0.1) is 23.3 Å². The number of ether oxygens (including phenoxy) is 1. The summed E-state index contributed by atoms with van der Waals surface area (Å²) in [5.41, 5.74) is -2.44. The molecule has 11 heteroatoms. The average molecular weight is 519 g/mol. The lowest BCUT2D eigenvalue weighted by molar-refractivity contribution is -0.143. The minimum atomic E-state index is -4.98. The fraction of sp³-hybridized carbons (Fsp3) is 0.480. The first-order chi connectivity index (χ1) is 16.7. The molecule has 196 valence electrons. The van der Waals surface area contributed by atoms with Crippen LogP contribution >= 0.6 is 0 Å². The minimum Gasteiger partial charge on any atom is -0.465 e. The van der Waals surface area contributed by atoms with Gasteiger partial charge in [-0.3, -0.25) is 0 Å². The molecular formula is C25H24F7NO3. The van der Waals surface area contributed by atoms with Crippen LogP contribution in [0.5, 0.6) is 0 Å². The van der Waals surface area contributed by atoms with Crippen LogP contribution in [-0.2, 0) is 17.1 Å². The summed E-state index contributed by atoms with van der Waals surface area (Å²) < 4.78 is 99.7. The molecule has 1 saturated heterocycles. The number of carbonyl (C=O) groups is 1. The van der Waals surface area contributed by atoms with Crippen molar-refractivity contribution < 1.29 is 45.4 Å². The molecule has 5 atom stereocenters. The quantitative estimate of drug-likeness (QED) is 0.438. The first-order valence-electron chi connectivity index (χ1n) is 11.4. The number of fused-ring (bicyclic) bond motifs is 1. The first-order valence-corrected chi connectivity index (χ1v) is 11.4. The third-order valence-electron chi connectivity index (χ3n) is 7.16. The van der Waals surface area contributed by atoms with E-state index in [4.69, 9.17) is 4.74 Å². The molecule has 0 aromatic heterocycles. The number of rotatable bonds is 4. The van der Waals surface area contributed by atoms with Crippen molar-refractivity contribution in [2.24, 2.45) is 11.8 Å². The van der Waals surface area contributed by atoms with Gasteiger partial charge in [0, 0.05) is 19.0 Å². The van der Waals surface area contributed by atoms with Crippen LogP contribution in [0.2, 0.25) is 0 Å². The maximum absolute atomic E-state index is 13.6. The van der Waals surface area contributed by atoms with Crippen LogP contribution in [0.1, 0.15) is 54.0 Å². The summed E-state index contributed by atoms with van der Waals surface area (Å²) in [4.78, 5) is 12.9. The zero-order chi connectivity index (χ0) is 26.4. The predicted molar refractivity (Wildman–Crippen MR) is 115 cm³/mol. The molecule has 1 aliphatic carbocycles. The Morgan fingerprint density at radius 3 is 2.08 bits per heavy atom. The van der Waals surface area contributed by atoms with Gasteiger partial charge in [0.1, 0.15) is 5.82 Å². The molecule has 1 amide bonds. The third-order valence-corrected chi connectivity index (χ3v) is 7.16. The molecule has 2 aliphatic rings. The average Bonchev–Trinajstić information content (AvgIpc) is 3.23. The van der Waals surface area contributed by atoms with Gasteiger partial charge in [-0.25, -0.2) is 9.18 Å². The Hall–Kier alpha value is -2.82. The molecule has 1 heterocycles. The van der Waals surface area contributed by atoms with Gasteiger partial charge in [0.15, 0.2) is 0 Å². The molecule has 1 aliphatic heterocycles. The third kappa shape index (κ3) is 5.45. The number of hydrogen-bond acceptors (Lipinski definition) is 2. The van der Waals surface area contributed by atoms with Crippen molar-refractivity contribution in [3.63, 3.8) is 0 Å². The highest BCUT2D eigenvalue weighted by Gasteiger charge is 2.47. The van der Waals surface area contributed by atoms with Gasteiger partial charge in [-0.1, -0.05) is 12.1 Å². The van der Waals surface area contributed by atoms with Gasteiger partial charge < -0.3 is 14.7 Å². The zero-order valence-corrected chi connectivity index (χ0v) is 19.1. The van der Waals surface area contributed by atoms with E-state index in [1.165, 1.54) is 24.0 Å². The summed E-state index contributed by atoms with van der Waals surface area (Å²) in [6, 6.07) is 7.00. The molecule has 36 heavy (non-hydrogen) atoms. The van der Waals surface area contributed by atoms with Crippen molar-refractivity contribution in [2.75, 3.05) is 13.1 Å². The van der Waals surface area contributed by atoms with Gasteiger partial charge in [-0.2, -0.15) is 26.3 Å². The Bertz CT molecular complexity index is 1070. The van der Waals surface area contributed by atoms with Crippen LogP contribution in [0.4, 0.5) is 35.5 Å². The molecule has 1 N–H and O–H groups in total. The lowest BCUT2D eigenvalue weighted by Gasteiger charge is -2.41. The Morgan fingerprint density at radius 2 is 1.56 bits per heavy atom. The highest BCUT2D eigenvalue weighted by Crippen LogP contribution is 2.48. The Labute approximate surface area is 202 Å². The number of likely N-dealkylation sites (tertiary alicyclic amines) is 1. The molecule has 2 aromatic rings. The second kappa shape index (κ2) is 9.57. The fourth-order valence-corrected chi connectivity index (χ4v) is 5.45. The summed E-state index contributed by atoms with van der Waals surface area (Å²) in [5.74, 6) is -1.07. The summed E-state index contributed by atoms with van der Waals surface area (Å²) in [7, 11) is 0. The minimum absolute atomic E-state index is 0.0108. The molecular weight excluding hydrogens is 495 g/mol. The van der Waals surface area contributed by atoms with E-state index in [1.54, 1.807) is 12.1 Å². The monoisotopic (exact) mass is 519 g/mol. The molecule has 2 fully saturated rings. The van der Waals surface area contributed by atoms with Crippen molar-refractivity contribution >= 4 is 6.09 Å². The molecule has 4 nitrogen and oxygen atoms in total. The van der Waals surface area contributed by atoms with Crippen LogP contribution in [0.3, 0.4) is 0 Å². The lowest BCUT2D eigenvalue weighted by atomic mass is 9.69. The number of halogens is 7. The standard InChI is InChI=1S/C25H24F7NO3/c1-13(16-8-17(24(27,28)29)10-18(9-16)25(30,31)32)36-21-7-4-15-11-33(23(34)35)12-20(15)22(21)14-2-5-19(26)6-3-14/h2-3,5-6,8-10,13,15,20-22H,4,7,11-12H2,1H3,(H,34,35)/t13-,15+,20-,21+,22+/m1/s1. The van der Waals surface area contributed by atoms with Crippen molar-refractivity contribution in [1.29, 1.82) is 0 Å². The van der Waals surface area contributed by atoms with Crippen molar-refractivity contribution in [2.45, 2.75) is 50.2 Å². The van der Waals surface area contributed by atoms with Crippen LogP contribution in [0.15, 0.2) is 42.5 Å². The first kappa shape index (κ1) is 26.2. The topological polar surface area (TPSA) is 49.8 Å². The number of hydrogen-bond donors (Lipinski definition) is 1. The summed E-state index contributed by atoms with van der Waals surface area (Å²) in [6.07, 6.45) is -11.8. The smallest absolute Gasteiger partial charge is 0.416 e. The highest BCUT2D eigenvalue weighted by molar-refractivity contribution is 5.65. The molecule has 0 bridgehead atoms. The van der Waals surface area contributed by atoms with Gasteiger partial charge in [-0.15, -0.1) is 0 Å². The second-order valence-electron chi connectivity index (χ2n) is 9.42. The van der Waals surface area contributed by atoms with E-state index in [2.05, 4.69) is 0 Å². The SMILES string of the molecule is C[C@@H](O[C@H]1CC[C@H]2CN(C(=O)O)C[C@H]2[C@@H]1c1ccc(F)cc1)c1cc(C(F)(F)F)cc(C(F)(F)F)c1. The number of benzene rings is 2. The highest BCUT2D eigenvalue weighted by atomic mass is 19.4. The van der Waals surface area contributed by atoms with Crippen LogP contribution < -0.4 is 0 Å². The Kier molecular flexibility index (Phi) is 6.98. The molecule has 0 unspecified atom stereocenters. The number of nitrogens with zero attached hydrogens (tertiary/aromatic N) is 1. The number of carboxylic acid groups (broad SMARTS) is 1. The Morgan fingerprint density at radius 1 is 0.972 bits per heavy atom. The van der Waals surface area contributed by atoms with E-state index in [1.807, 2.05) is 0 Å². The van der Waals surface area contributed by atoms with Gasteiger partial charge in [0.25, 0.3) is 0 Å². The molecule has 0 spiro atoms. The summed E-state index contributed by atoms with van der Waals surface area (Å²) in [5, 5.41) is 9.46. The van der Waals surface area contributed by atoms with E-state index in [-0.39, 0.29) is 30.0 Å². The molecule has 2 aromatic carbocycles. The van der Waals surface area contributed by atoms with E-state index >= 15 is 0 Å².